The molecule has 4 nitrogen and oxygen atoms in total. The van der Waals surface area contributed by atoms with E-state index in [1.165, 1.54) is 6.20 Å². The third-order valence-electron chi connectivity index (χ3n) is 2.41. The molecule has 0 saturated carbocycles. The van der Waals surface area contributed by atoms with Crippen LogP contribution in [0, 0.1) is 0 Å². The lowest BCUT2D eigenvalue weighted by Crippen LogP contribution is -2.11. The fourth-order valence-electron chi connectivity index (χ4n) is 1.44. The SMILES string of the molecule is COc1ccc(C(=O)Nc2cnc(Cl)c(Br)c2)cc1. The molecule has 0 aliphatic heterocycles. The Morgan fingerprint density at radius 3 is 2.63 bits per heavy atom. The number of aromatic nitrogens is 1. The predicted octanol–water partition coefficient (Wildman–Crippen LogP) is 3.76. The molecule has 19 heavy (non-hydrogen) atoms. The van der Waals surface area contributed by atoms with Crippen molar-refractivity contribution < 1.29 is 9.53 Å². The highest BCUT2D eigenvalue weighted by Gasteiger charge is 2.07. The first kappa shape index (κ1) is 13.8. The van der Waals surface area contributed by atoms with Crippen LogP contribution in [-0.2, 0) is 0 Å². The third-order valence-corrected chi connectivity index (χ3v) is 3.54. The minimum atomic E-state index is -0.223. The molecule has 2 rings (SSSR count). The van der Waals surface area contributed by atoms with E-state index in [-0.39, 0.29) is 5.91 Å². The summed E-state index contributed by atoms with van der Waals surface area (Å²) in [5.41, 5.74) is 1.10. The van der Waals surface area contributed by atoms with E-state index in [0.29, 0.717) is 26.6 Å². The fraction of sp³-hybridized carbons (Fsp3) is 0.0769. The molecular formula is C13H10BrClN2O2. The summed E-state index contributed by atoms with van der Waals surface area (Å²) in [6.07, 6.45) is 1.49. The van der Waals surface area contributed by atoms with E-state index in [2.05, 4.69) is 26.2 Å². The number of pyridine rings is 1. The average Bonchev–Trinajstić information content (AvgIpc) is 2.43. The van der Waals surface area contributed by atoms with Crippen molar-refractivity contribution in [2.45, 2.75) is 0 Å². The molecule has 0 aliphatic rings. The Morgan fingerprint density at radius 2 is 2.05 bits per heavy atom. The standard InChI is InChI=1S/C13H10BrClN2O2/c1-19-10-4-2-8(3-5-10)13(18)17-9-6-11(14)12(15)16-7-9/h2-7H,1H3,(H,17,18). The van der Waals surface area contributed by atoms with Crippen LogP contribution in [0.2, 0.25) is 5.15 Å². The van der Waals surface area contributed by atoms with Gasteiger partial charge >= 0.3 is 0 Å². The number of hydrogen-bond donors (Lipinski definition) is 1. The quantitative estimate of drug-likeness (QED) is 0.865. The number of amides is 1. The number of nitrogens with one attached hydrogen (secondary N) is 1. The molecule has 0 fully saturated rings. The van der Waals surface area contributed by atoms with Crippen LogP contribution < -0.4 is 10.1 Å². The number of carbonyl (C=O) groups excluding carboxylic acids is 1. The summed E-state index contributed by atoms with van der Waals surface area (Å²) in [4.78, 5) is 15.9. The van der Waals surface area contributed by atoms with Gasteiger partial charge in [0.05, 0.1) is 23.5 Å². The lowest BCUT2D eigenvalue weighted by molar-refractivity contribution is 0.102. The first-order valence-electron chi connectivity index (χ1n) is 5.36. The number of ether oxygens (including phenoxy) is 1. The second kappa shape index (κ2) is 6.04. The third kappa shape index (κ3) is 3.45. The second-order valence-electron chi connectivity index (χ2n) is 3.68. The monoisotopic (exact) mass is 340 g/mol. The van der Waals surface area contributed by atoms with Crippen LogP contribution in [0.3, 0.4) is 0 Å². The molecule has 1 aromatic carbocycles. The average molecular weight is 342 g/mol. The van der Waals surface area contributed by atoms with Gasteiger partial charge in [0.1, 0.15) is 10.9 Å². The molecule has 1 N–H and O–H groups in total. The molecule has 2 aromatic rings. The van der Waals surface area contributed by atoms with Crippen molar-refractivity contribution >= 4 is 39.1 Å². The van der Waals surface area contributed by atoms with Crippen molar-refractivity contribution in [2.75, 3.05) is 12.4 Å². The highest BCUT2D eigenvalue weighted by Crippen LogP contribution is 2.23. The first-order valence-corrected chi connectivity index (χ1v) is 6.53. The van der Waals surface area contributed by atoms with Crippen LogP contribution in [0.1, 0.15) is 10.4 Å². The maximum atomic E-state index is 12.0. The highest BCUT2D eigenvalue weighted by atomic mass is 79.9. The molecular weight excluding hydrogens is 332 g/mol. The van der Waals surface area contributed by atoms with Crippen LogP contribution >= 0.6 is 27.5 Å². The predicted molar refractivity (Wildman–Crippen MR) is 77.9 cm³/mol. The molecule has 6 heteroatoms. The number of hydrogen-bond acceptors (Lipinski definition) is 3. The van der Waals surface area contributed by atoms with E-state index >= 15 is 0 Å². The lowest BCUT2D eigenvalue weighted by Gasteiger charge is -2.06. The van der Waals surface area contributed by atoms with Crippen LogP contribution in [0.15, 0.2) is 41.0 Å². The van der Waals surface area contributed by atoms with Crippen molar-refractivity contribution in [3.63, 3.8) is 0 Å². The Bertz CT molecular complexity index is 602. The smallest absolute Gasteiger partial charge is 0.255 e. The molecule has 0 spiro atoms. The van der Waals surface area contributed by atoms with E-state index in [9.17, 15) is 4.79 Å². The Kier molecular flexibility index (Phi) is 4.39. The maximum absolute atomic E-state index is 12.0. The number of halogens is 2. The van der Waals surface area contributed by atoms with Gasteiger partial charge in [0.15, 0.2) is 0 Å². The molecule has 0 bridgehead atoms. The van der Waals surface area contributed by atoms with Gasteiger partial charge < -0.3 is 10.1 Å². The van der Waals surface area contributed by atoms with Gasteiger partial charge in [-0.2, -0.15) is 0 Å². The lowest BCUT2D eigenvalue weighted by atomic mass is 10.2. The molecule has 0 saturated heterocycles. The Morgan fingerprint density at radius 1 is 1.37 bits per heavy atom. The summed E-state index contributed by atoms with van der Waals surface area (Å²) in [6.45, 7) is 0. The Hall–Kier alpha value is -1.59. The van der Waals surface area contributed by atoms with E-state index in [4.69, 9.17) is 16.3 Å². The maximum Gasteiger partial charge on any atom is 0.255 e. The number of nitrogens with zero attached hydrogens (tertiary/aromatic N) is 1. The number of benzene rings is 1. The summed E-state index contributed by atoms with van der Waals surface area (Å²) < 4.78 is 5.66. The summed E-state index contributed by atoms with van der Waals surface area (Å²) >= 11 is 9.03. The number of anilines is 1. The number of methoxy groups -OCH3 is 1. The van der Waals surface area contributed by atoms with Gasteiger partial charge in [-0.05, 0) is 46.3 Å². The summed E-state index contributed by atoms with van der Waals surface area (Å²) in [5.74, 6) is 0.478. The molecule has 1 heterocycles. The highest BCUT2D eigenvalue weighted by molar-refractivity contribution is 9.10. The van der Waals surface area contributed by atoms with Crippen molar-refractivity contribution in [1.29, 1.82) is 0 Å². The van der Waals surface area contributed by atoms with Crippen molar-refractivity contribution in [3.05, 3.63) is 51.7 Å². The molecule has 1 aromatic heterocycles. The fourth-order valence-corrected chi connectivity index (χ4v) is 1.89. The largest absolute Gasteiger partial charge is 0.497 e. The molecule has 0 aliphatic carbocycles. The van der Waals surface area contributed by atoms with Gasteiger partial charge in [-0.15, -0.1) is 0 Å². The van der Waals surface area contributed by atoms with Crippen LogP contribution in [0.4, 0.5) is 5.69 Å². The molecule has 1 amide bonds. The summed E-state index contributed by atoms with van der Waals surface area (Å²) in [5, 5.41) is 3.08. The second-order valence-corrected chi connectivity index (χ2v) is 4.89. The summed E-state index contributed by atoms with van der Waals surface area (Å²) in [7, 11) is 1.58. The normalized spacial score (nSPS) is 10.1. The van der Waals surface area contributed by atoms with Crippen LogP contribution in [0.5, 0.6) is 5.75 Å². The van der Waals surface area contributed by atoms with Crippen molar-refractivity contribution in [1.82, 2.24) is 4.98 Å². The Balaban J connectivity index is 2.13. The zero-order valence-electron chi connectivity index (χ0n) is 9.98. The minimum Gasteiger partial charge on any atom is -0.497 e. The zero-order valence-corrected chi connectivity index (χ0v) is 12.3. The minimum absolute atomic E-state index is 0.223. The van der Waals surface area contributed by atoms with E-state index in [1.807, 2.05) is 0 Å². The van der Waals surface area contributed by atoms with Crippen molar-refractivity contribution in [2.24, 2.45) is 0 Å². The molecule has 0 radical (unpaired) electrons. The molecule has 0 unspecified atom stereocenters. The number of carbonyl (C=O) groups is 1. The van der Waals surface area contributed by atoms with Crippen LogP contribution in [-0.4, -0.2) is 18.0 Å². The first-order chi connectivity index (χ1) is 9.10. The van der Waals surface area contributed by atoms with Crippen LogP contribution in [0.25, 0.3) is 0 Å². The van der Waals surface area contributed by atoms with Crippen molar-refractivity contribution in [3.8, 4) is 5.75 Å². The van der Waals surface area contributed by atoms with Gasteiger partial charge in [-0.25, -0.2) is 4.98 Å². The molecule has 98 valence electrons. The van der Waals surface area contributed by atoms with Gasteiger partial charge in [0.25, 0.3) is 5.91 Å². The van der Waals surface area contributed by atoms with Gasteiger partial charge in [0.2, 0.25) is 0 Å². The summed E-state index contributed by atoms with van der Waals surface area (Å²) in [6, 6.07) is 8.52. The van der Waals surface area contributed by atoms with E-state index < -0.39 is 0 Å². The topological polar surface area (TPSA) is 51.2 Å². The molecule has 0 atom stereocenters. The van der Waals surface area contributed by atoms with Gasteiger partial charge in [-0.1, -0.05) is 11.6 Å². The zero-order chi connectivity index (χ0) is 13.8. The van der Waals surface area contributed by atoms with E-state index in [1.54, 1.807) is 37.4 Å². The number of rotatable bonds is 3. The van der Waals surface area contributed by atoms with Gasteiger partial charge in [-0.3, -0.25) is 4.79 Å². The van der Waals surface area contributed by atoms with E-state index in [0.717, 1.165) is 0 Å². The Labute approximate surface area is 123 Å². The van der Waals surface area contributed by atoms with Gasteiger partial charge in [0, 0.05) is 5.56 Å².